The van der Waals surface area contributed by atoms with Crippen LogP contribution in [0.25, 0.3) is 11.0 Å². The second-order valence-electron chi connectivity index (χ2n) is 7.33. The molecule has 1 amide bonds. The Morgan fingerprint density at radius 3 is 2.47 bits per heavy atom. The van der Waals surface area contributed by atoms with Gasteiger partial charge in [-0.25, -0.2) is 0 Å². The number of halogens is 1. The molecule has 0 radical (unpaired) electrons. The number of benzene rings is 2. The Labute approximate surface area is 182 Å². The van der Waals surface area contributed by atoms with E-state index in [1.54, 1.807) is 47.4 Å². The van der Waals surface area contributed by atoms with E-state index in [9.17, 15) is 14.7 Å². The fourth-order valence-electron chi connectivity index (χ4n) is 4.02. The minimum absolute atomic E-state index is 0.104. The summed E-state index contributed by atoms with van der Waals surface area (Å²) < 4.78 is 6.71. The van der Waals surface area contributed by atoms with Crippen LogP contribution in [-0.4, -0.2) is 47.0 Å². The molecule has 30 heavy (non-hydrogen) atoms. The van der Waals surface area contributed by atoms with Gasteiger partial charge in [0.15, 0.2) is 5.43 Å². The van der Waals surface area contributed by atoms with Crippen molar-refractivity contribution >= 4 is 32.8 Å². The number of nitrogens with zero attached hydrogens (tertiary/aromatic N) is 2. The van der Waals surface area contributed by atoms with Crippen molar-refractivity contribution in [1.29, 1.82) is 0 Å². The van der Waals surface area contributed by atoms with Gasteiger partial charge in [-0.15, -0.1) is 0 Å². The lowest BCUT2D eigenvalue weighted by molar-refractivity contribution is 0.0708. The Bertz CT molecular complexity index is 1150. The van der Waals surface area contributed by atoms with Crippen LogP contribution in [0.1, 0.15) is 41.6 Å². The lowest BCUT2D eigenvalue weighted by Crippen LogP contribution is -2.37. The van der Waals surface area contributed by atoms with Gasteiger partial charge < -0.3 is 19.3 Å². The summed E-state index contributed by atoms with van der Waals surface area (Å²) in [4.78, 5) is 30.7. The maximum atomic E-state index is 13.4. The first-order valence-electron chi connectivity index (χ1n) is 10.0. The summed E-state index contributed by atoms with van der Waals surface area (Å²) in [5.74, 6) is -0.0444. The van der Waals surface area contributed by atoms with Crippen molar-refractivity contribution in [3.63, 3.8) is 0 Å². The number of fused-ring (bicyclic) bond motifs is 2. The van der Waals surface area contributed by atoms with Gasteiger partial charge in [-0.3, -0.25) is 9.59 Å². The van der Waals surface area contributed by atoms with Crippen molar-refractivity contribution in [2.45, 2.75) is 19.9 Å². The van der Waals surface area contributed by atoms with E-state index in [1.807, 2.05) is 0 Å². The van der Waals surface area contributed by atoms with Crippen LogP contribution >= 0.6 is 15.9 Å². The van der Waals surface area contributed by atoms with Gasteiger partial charge in [0.1, 0.15) is 11.3 Å². The van der Waals surface area contributed by atoms with Gasteiger partial charge in [-0.05, 0) is 49.0 Å². The predicted molar refractivity (Wildman–Crippen MR) is 119 cm³/mol. The van der Waals surface area contributed by atoms with Crippen molar-refractivity contribution < 1.29 is 14.3 Å². The maximum absolute atomic E-state index is 13.4. The van der Waals surface area contributed by atoms with E-state index in [0.717, 1.165) is 23.1 Å². The van der Waals surface area contributed by atoms with Crippen LogP contribution in [0.15, 0.2) is 56.1 Å². The number of likely N-dealkylation sites (N-methyl/N-ethyl adjacent to an activating group) is 1. The molecule has 2 aromatic carbocycles. The SMILES string of the molecule is CCN(CC)CCN1C(=O)c2oc3ccc(Br)cc3c(=O)c2C1c1ccc(O)cc1. The molecule has 0 bridgehead atoms. The number of carbonyl (C=O) groups excluding carboxylic acids is 1. The van der Waals surface area contributed by atoms with Gasteiger partial charge >= 0.3 is 0 Å². The summed E-state index contributed by atoms with van der Waals surface area (Å²) in [5.41, 5.74) is 1.31. The molecule has 0 aliphatic carbocycles. The Kier molecular flexibility index (Phi) is 5.66. The monoisotopic (exact) mass is 470 g/mol. The smallest absolute Gasteiger partial charge is 0.290 e. The molecular formula is C23H23BrN2O4. The first kappa shape index (κ1) is 20.6. The van der Waals surface area contributed by atoms with Crippen LogP contribution in [0.4, 0.5) is 0 Å². The van der Waals surface area contributed by atoms with Crippen LogP contribution in [0.5, 0.6) is 5.75 Å². The van der Waals surface area contributed by atoms with E-state index in [-0.39, 0.29) is 22.8 Å². The summed E-state index contributed by atoms with van der Waals surface area (Å²) in [5, 5.41) is 10.1. The molecule has 1 aliphatic heterocycles. The first-order valence-corrected chi connectivity index (χ1v) is 10.8. The molecule has 1 unspecified atom stereocenters. The number of hydrogen-bond acceptors (Lipinski definition) is 5. The van der Waals surface area contributed by atoms with Crippen molar-refractivity contribution in [3.8, 4) is 5.75 Å². The molecule has 0 fully saturated rings. The highest BCUT2D eigenvalue weighted by atomic mass is 79.9. The standard InChI is InChI=1S/C23H23BrN2O4/c1-3-25(4-2)11-12-26-20(14-5-8-16(27)9-6-14)19-21(28)17-13-15(24)7-10-18(17)30-22(19)23(26)29/h5-10,13,20,27H,3-4,11-12H2,1-2H3. The molecule has 0 spiro atoms. The van der Waals surface area contributed by atoms with Gasteiger partial charge in [-0.1, -0.05) is 41.9 Å². The molecule has 1 aromatic heterocycles. The molecule has 1 atom stereocenters. The fraction of sp³-hybridized carbons (Fsp3) is 0.304. The molecular weight excluding hydrogens is 448 g/mol. The summed E-state index contributed by atoms with van der Waals surface area (Å²) in [6, 6.07) is 11.3. The average molecular weight is 471 g/mol. The summed E-state index contributed by atoms with van der Waals surface area (Å²) in [6.07, 6.45) is 0. The van der Waals surface area contributed by atoms with Gasteiger partial charge in [0.05, 0.1) is 17.0 Å². The summed E-state index contributed by atoms with van der Waals surface area (Å²) in [7, 11) is 0. The Morgan fingerprint density at radius 1 is 1.10 bits per heavy atom. The highest BCUT2D eigenvalue weighted by molar-refractivity contribution is 9.10. The van der Waals surface area contributed by atoms with Gasteiger partial charge in [0.2, 0.25) is 5.76 Å². The summed E-state index contributed by atoms with van der Waals surface area (Å²) >= 11 is 3.40. The van der Waals surface area contributed by atoms with Crippen molar-refractivity contribution in [1.82, 2.24) is 9.80 Å². The van der Waals surface area contributed by atoms with Crippen LogP contribution in [0.3, 0.4) is 0 Å². The minimum atomic E-state index is -0.553. The van der Waals surface area contributed by atoms with E-state index < -0.39 is 6.04 Å². The number of rotatable bonds is 6. The highest BCUT2D eigenvalue weighted by Gasteiger charge is 2.42. The van der Waals surface area contributed by atoms with Gasteiger partial charge in [-0.2, -0.15) is 0 Å². The number of amides is 1. The number of phenolic OH excluding ortho intramolecular Hbond substituents is 1. The second-order valence-corrected chi connectivity index (χ2v) is 8.25. The zero-order valence-corrected chi connectivity index (χ0v) is 18.5. The largest absolute Gasteiger partial charge is 0.508 e. The highest BCUT2D eigenvalue weighted by Crippen LogP contribution is 2.38. The molecule has 3 aromatic rings. The van der Waals surface area contributed by atoms with Crippen molar-refractivity contribution in [3.05, 3.63) is 74.0 Å². The van der Waals surface area contributed by atoms with Crippen LogP contribution < -0.4 is 5.43 Å². The maximum Gasteiger partial charge on any atom is 0.290 e. The normalized spacial score (nSPS) is 15.9. The fourth-order valence-corrected chi connectivity index (χ4v) is 4.38. The Morgan fingerprint density at radius 2 is 1.80 bits per heavy atom. The van der Waals surface area contributed by atoms with Gasteiger partial charge in [0, 0.05) is 17.6 Å². The molecule has 1 N–H and O–H groups in total. The first-order chi connectivity index (χ1) is 14.4. The molecule has 4 rings (SSSR count). The van der Waals surface area contributed by atoms with Crippen LogP contribution in [-0.2, 0) is 0 Å². The minimum Gasteiger partial charge on any atom is -0.508 e. The molecule has 2 heterocycles. The Balaban J connectivity index is 1.87. The third kappa shape index (κ3) is 3.52. The number of phenols is 1. The quantitative estimate of drug-likeness (QED) is 0.585. The zero-order valence-electron chi connectivity index (χ0n) is 16.9. The average Bonchev–Trinajstić information content (AvgIpc) is 3.02. The van der Waals surface area contributed by atoms with Gasteiger partial charge in [0.25, 0.3) is 5.91 Å². The van der Waals surface area contributed by atoms with E-state index in [4.69, 9.17) is 4.42 Å². The molecule has 1 aliphatic rings. The number of aromatic hydroxyl groups is 1. The molecule has 0 saturated heterocycles. The molecule has 0 saturated carbocycles. The third-order valence-electron chi connectivity index (χ3n) is 5.69. The van der Waals surface area contributed by atoms with Crippen LogP contribution in [0, 0.1) is 0 Å². The predicted octanol–water partition coefficient (Wildman–Crippen LogP) is 4.15. The lowest BCUT2D eigenvalue weighted by atomic mass is 9.98. The van der Waals surface area contributed by atoms with E-state index in [1.165, 1.54) is 0 Å². The topological polar surface area (TPSA) is 74.0 Å². The molecule has 156 valence electrons. The second kappa shape index (κ2) is 8.24. The summed E-state index contributed by atoms with van der Waals surface area (Å²) in [6.45, 7) is 7.08. The molecule has 6 nitrogen and oxygen atoms in total. The van der Waals surface area contributed by atoms with Crippen molar-refractivity contribution in [2.24, 2.45) is 0 Å². The van der Waals surface area contributed by atoms with E-state index in [0.29, 0.717) is 29.6 Å². The van der Waals surface area contributed by atoms with E-state index in [2.05, 4.69) is 34.7 Å². The van der Waals surface area contributed by atoms with Crippen molar-refractivity contribution in [2.75, 3.05) is 26.2 Å². The molecule has 7 heteroatoms. The van der Waals surface area contributed by atoms with Crippen LogP contribution in [0.2, 0.25) is 0 Å². The Hall–Kier alpha value is -2.64. The number of carbonyl (C=O) groups is 1. The third-order valence-corrected chi connectivity index (χ3v) is 6.18. The lowest BCUT2D eigenvalue weighted by Gasteiger charge is -2.28. The number of hydrogen-bond donors (Lipinski definition) is 1. The zero-order chi connectivity index (χ0) is 21.4. The van der Waals surface area contributed by atoms with E-state index >= 15 is 0 Å².